The summed E-state index contributed by atoms with van der Waals surface area (Å²) >= 11 is 0. The second-order valence-corrected chi connectivity index (χ2v) is 4.13. The number of methoxy groups -OCH3 is 1. The molecule has 0 spiro atoms. The minimum absolute atomic E-state index is 0.0394. The fraction of sp³-hybridized carbons (Fsp3) is 0.500. The Morgan fingerprint density at radius 3 is 2.60 bits per heavy atom. The van der Waals surface area contributed by atoms with Crippen molar-refractivity contribution in [2.24, 2.45) is 10.9 Å². The van der Waals surface area contributed by atoms with Gasteiger partial charge in [-0.15, -0.1) is 0 Å². The third-order valence-corrected chi connectivity index (χ3v) is 2.65. The maximum atomic E-state index is 8.68. The second kappa shape index (κ2) is 9.03. The van der Waals surface area contributed by atoms with E-state index in [1.165, 1.54) is 0 Å². The Balaban J connectivity index is 2.69. The van der Waals surface area contributed by atoms with Gasteiger partial charge < -0.3 is 25.2 Å². The zero-order chi connectivity index (χ0) is 14.8. The van der Waals surface area contributed by atoms with Gasteiger partial charge in [-0.25, -0.2) is 0 Å². The highest BCUT2D eigenvalue weighted by molar-refractivity contribution is 5.97. The number of oxime groups is 1. The number of ether oxygens (including phenoxy) is 3. The van der Waals surface area contributed by atoms with Crippen LogP contribution in [0.4, 0.5) is 0 Å². The highest BCUT2D eigenvalue weighted by Crippen LogP contribution is 2.28. The van der Waals surface area contributed by atoms with E-state index in [0.717, 1.165) is 19.4 Å². The van der Waals surface area contributed by atoms with Crippen LogP contribution >= 0.6 is 0 Å². The van der Waals surface area contributed by atoms with Crippen LogP contribution in [-0.2, 0) is 4.74 Å². The van der Waals surface area contributed by atoms with Gasteiger partial charge in [-0.1, -0.05) is 5.16 Å². The lowest BCUT2D eigenvalue weighted by Gasteiger charge is -2.13. The summed E-state index contributed by atoms with van der Waals surface area (Å²) < 4.78 is 16.2. The van der Waals surface area contributed by atoms with E-state index >= 15 is 0 Å². The quantitative estimate of drug-likeness (QED) is 0.238. The molecule has 0 aliphatic rings. The molecule has 0 saturated carbocycles. The average Bonchev–Trinajstić information content (AvgIpc) is 2.47. The van der Waals surface area contributed by atoms with Crippen LogP contribution in [0.1, 0.15) is 25.3 Å². The molecule has 0 amide bonds. The molecule has 0 aliphatic carbocycles. The Kier molecular flexibility index (Phi) is 7.27. The van der Waals surface area contributed by atoms with E-state index < -0.39 is 0 Å². The van der Waals surface area contributed by atoms with Gasteiger partial charge in [0.05, 0.1) is 13.2 Å². The predicted octanol–water partition coefficient (Wildman–Crippen LogP) is 1.99. The monoisotopic (exact) mass is 282 g/mol. The Bertz CT molecular complexity index is 435. The van der Waals surface area contributed by atoms with E-state index in [-0.39, 0.29) is 5.84 Å². The molecule has 6 heteroatoms. The van der Waals surface area contributed by atoms with Crippen molar-refractivity contribution < 1.29 is 19.4 Å². The van der Waals surface area contributed by atoms with Gasteiger partial charge in [0.15, 0.2) is 17.3 Å². The molecule has 0 saturated heterocycles. The van der Waals surface area contributed by atoms with Crippen LogP contribution in [0, 0.1) is 0 Å². The van der Waals surface area contributed by atoms with Crippen molar-refractivity contribution in [2.45, 2.75) is 19.8 Å². The minimum Gasteiger partial charge on any atom is -0.490 e. The summed E-state index contributed by atoms with van der Waals surface area (Å²) in [5, 5.41) is 11.7. The van der Waals surface area contributed by atoms with E-state index in [4.69, 9.17) is 25.2 Å². The van der Waals surface area contributed by atoms with E-state index in [0.29, 0.717) is 30.3 Å². The molecule has 1 aromatic rings. The van der Waals surface area contributed by atoms with Gasteiger partial charge in [0.1, 0.15) is 0 Å². The summed E-state index contributed by atoms with van der Waals surface area (Å²) in [4.78, 5) is 0. The minimum atomic E-state index is 0.0394. The lowest BCUT2D eigenvalue weighted by Crippen LogP contribution is -2.13. The van der Waals surface area contributed by atoms with Crippen LogP contribution in [-0.4, -0.2) is 38.0 Å². The first-order chi connectivity index (χ1) is 9.72. The number of rotatable bonds is 9. The molecular weight excluding hydrogens is 260 g/mol. The molecule has 0 atom stereocenters. The van der Waals surface area contributed by atoms with Crippen molar-refractivity contribution in [3.8, 4) is 11.5 Å². The van der Waals surface area contributed by atoms with Crippen molar-refractivity contribution in [3.63, 3.8) is 0 Å². The molecule has 1 rings (SSSR count). The van der Waals surface area contributed by atoms with E-state index in [2.05, 4.69) is 5.16 Å². The molecule has 0 bridgehead atoms. The first-order valence-electron chi connectivity index (χ1n) is 6.59. The fourth-order valence-electron chi connectivity index (χ4n) is 1.64. The summed E-state index contributed by atoms with van der Waals surface area (Å²) in [6.45, 7) is 3.72. The number of benzene rings is 1. The molecule has 20 heavy (non-hydrogen) atoms. The molecule has 6 nitrogen and oxygen atoms in total. The normalized spacial score (nSPS) is 11.4. The average molecular weight is 282 g/mol. The Labute approximate surface area is 119 Å². The van der Waals surface area contributed by atoms with Crippen molar-refractivity contribution in [1.29, 1.82) is 0 Å². The maximum absolute atomic E-state index is 8.68. The molecule has 0 unspecified atom stereocenters. The fourth-order valence-corrected chi connectivity index (χ4v) is 1.64. The van der Waals surface area contributed by atoms with Gasteiger partial charge in [0, 0.05) is 19.3 Å². The van der Waals surface area contributed by atoms with Gasteiger partial charge in [-0.2, -0.15) is 0 Å². The zero-order valence-electron chi connectivity index (χ0n) is 12.0. The predicted molar refractivity (Wildman–Crippen MR) is 76.7 cm³/mol. The second-order valence-electron chi connectivity index (χ2n) is 4.13. The summed E-state index contributed by atoms with van der Waals surface area (Å²) in [6.07, 6.45) is 1.85. The SMILES string of the molecule is CCOc1cc(/C(N)=N/O)ccc1OCCCCOC. The van der Waals surface area contributed by atoms with Crippen molar-refractivity contribution in [1.82, 2.24) is 0 Å². The molecule has 112 valence electrons. The van der Waals surface area contributed by atoms with E-state index in [1.54, 1.807) is 25.3 Å². The standard InChI is InChI=1S/C14H22N2O4/c1-3-19-13-10-11(14(15)16-17)6-7-12(13)20-9-5-4-8-18-2/h6-7,10,17H,3-5,8-9H2,1-2H3,(H2,15,16). The third kappa shape index (κ3) is 4.97. The molecule has 0 fully saturated rings. The van der Waals surface area contributed by atoms with Crippen molar-refractivity contribution in [2.75, 3.05) is 26.9 Å². The topological polar surface area (TPSA) is 86.3 Å². The van der Waals surface area contributed by atoms with E-state index in [1.807, 2.05) is 6.92 Å². The molecule has 0 aliphatic heterocycles. The van der Waals surface area contributed by atoms with Crippen LogP contribution in [0.5, 0.6) is 11.5 Å². The number of nitrogens with two attached hydrogens (primary N) is 1. The number of hydrogen-bond acceptors (Lipinski definition) is 5. The Morgan fingerprint density at radius 1 is 1.20 bits per heavy atom. The Morgan fingerprint density at radius 2 is 1.95 bits per heavy atom. The largest absolute Gasteiger partial charge is 0.490 e. The van der Waals surface area contributed by atoms with Gasteiger partial charge in [-0.3, -0.25) is 0 Å². The summed E-state index contributed by atoms with van der Waals surface area (Å²) in [5.41, 5.74) is 6.14. The van der Waals surface area contributed by atoms with Crippen LogP contribution < -0.4 is 15.2 Å². The van der Waals surface area contributed by atoms with Crippen LogP contribution in [0.2, 0.25) is 0 Å². The third-order valence-electron chi connectivity index (χ3n) is 2.65. The number of unbranched alkanes of at least 4 members (excludes halogenated alkanes) is 1. The van der Waals surface area contributed by atoms with Crippen LogP contribution in [0.25, 0.3) is 0 Å². The van der Waals surface area contributed by atoms with Crippen LogP contribution in [0.15, 0.2) is 23.4 Å². The smallest absolute Gasteiger partial charge is 0.170 e. The van der Waals surface area contributed by atoms with Gasteiger partial charge in [-0.05, 0) is 38.0 Å². The summed E-state index contributed by atoms with van der Waals surface area (Å²) in [6, 6.07) is 5.18. The van der Waals surface area contributed by atoms with Crippen molar-refractivity contribution in [3.05, 3.63) is 23.8 Å². The molecular formula is C14H22N2O4. The molecule has 3 N–H and O–H groups in total. The summed E-state index contributed by atoms with van der Waals surface area (Å²) in [7, 11) is 1.68. The lowest BCUT2D eigenvalue weighted by molar-refractivity contribution is 0.183. The van der Waals surface area contributed by atoms with Gasteiger partial charge >= 0.3 is 0 Å². The zero-order valence-corrected chi connectivity index (χ0v) is 12.0. The molecule has 1 aromatic carbocycles. The summed E-state index contributed by atoms with van der Waals surface area (Å²) in [5.74, 6) is 1.28. The number of amidine groups is 1. The van der Waals surface area contributed by atoms with Crippen molar-refractivity contribution >= 4 is 5.84 Å². The highest BCUT2D eigenvalue weighted by Gasteiger charge is 2.08. The van der Waals surface area contributed by atoms with E-state index in [9.17, 15) is 0 Å². The first kappa shape index (κ1) is 16.1. The molecule has 0 radical (unpaired) electrons. The van der Waals surface area contributed by atoms with Gasteiger partial charge in [0.2, 0.25) is 0 Å². The molecule has 0 aromatic heterocycles. The maximum Gasteiger partial charge on any atom is 0.170 e. The number of nitrogens with zero attached hydrogens (tertiary/aromatic N) is 1. The molecule has 0 heterocycles. The number of hydrogen-bond donors (Lipinski definition) is 2. The van der Waals surface area contributed by atoms with Gasteiger partial charge in [0.25, 0.3) is 0 Å². The van der Waals surface area contributed by atoms with Crippen LogP contribution in [0.3, 0.4) is 0 Å². The first-order valence-corrected chi connectivity index (χ1v) is 6.59. The highest BCUT2D eigenvalue weighted by atomic mass is 16.5. The lowest BCUT2D eigenvalue weighted by atomic mass is 10.2. The Hall–Kier alpha value is -1.95.